The molecule has 7 nitrogen and oxygen atoms in total. The minimum atomic E-state index is -4.44. The molecule has 0 bridgehead atoms. The summed E-state index contributed by atoms with van der Waals surface area (Å²) in [6.07, 6.45) is 5.24. The van der Waals surface area contributed by atoms with Gasteiger partial charge in [-0.15, -0.1) is 0 Å². The summed E-state index contributed by atoms with van der Waals surface area (Å²) in [5.74, 6) is -1.75. The third-order valence-electron chi connectivity index (χ3n) is 4.67. The first kappa shape index (κ1) is 29.3. The standard InChI is InChI=1S/C22H29NO6S.Na.H/c1-5-21(24)23-19(14-13-18-10-8-7-9-11-18)17(4)20(30(26,27)28)15-12-16(3)29-22(25)6-2;;/h5-11,13-14,16-17,19-20H,1-2,12,15H2,3-4H3,(H,23,24)(H,26,27,28);;/q;+1;-1. The van der Waals surface area contributed by atoms with Crippen LogP contribution in [0, 0.1) is 5.92 Å². The summed E-state index contributed by atoms with van der Waals surface area (Å²) >= 11 is 0. The van der Waals surface area contributed by atoms with Crippen LogP contribution in [0.4, 0.5) is 0 Å². The fraction of sp³-hybridized carbons (Fsp3) is 0.364. The summed E-state index contributed by atoms with van der Waals surface area (Å²) in [6.45, 7) is 9.99. The number of benzene rings is 1. The van der Waals surface area contributed by atoms with Crippen LogP contribution in [0.1, 0.15) is 33.7 Å². The van der Waals surface area contributed by atoms with Gasteiger partial charge < -0.3 is 11.5 Å². The van der Waals surface area contributed by atoms with E-state index in [4.69, 9.17) is 4.74 Å². The number of hydrogen-bond acceptors (Lipinski definition) is 5. The molecular weight excluding hydrogens is 429 g/mol. The second-order valence-corrected chi connectivity index (χ2v) is 8.59. The zero-order chi connectivity index (χ0) is 22.7. The molecule has 4 unspecified atom stereocenters. The van der Waals surface area contributed by atoms with Crippen LogP contribution in [-0.4, -0.2) is 42.2 Å². The van der Waals surface area contributed by atoms with Crippen molar-refractivity contribution in [1.29, 1.82) is 0 Å². The van der Waals surface area contributed by atoms with Gasteiger partial charge in [0.1, 0.15) is 0 Å². The Balaban J connectivity index is 0. The van der Waals surface area contributed by atoms with Crippen molar-refractivity contribution in [2.24, 2.45) is 5.92 Å². The van der Waals surface area contributed by atoms with Gasteiger partial charge >= 0.3 is 35.5 Å². The molecule has 0 saturated carbocycles. The van der Waals surface area contributed by atoms with Crippen LogP contribution in [0.2, 0.25) is 0 Å². The number of ether oxygens (including phenoxy) is 1. The van der Waals surface area contributed by atoms with Crippen LogP contribution in [0.15, 0.2) is 61.7 Å². The van der Waals surface area contributed by atoms with Gasteiger partial charge in [-0.1, -0.05) is 62.6 Å². The summed E-state index contributed by atoms with van der Waals surface area (Å²) in [4.78, 5) is 23.2. The van der Waals surface area contributed by atoms with Crippen molar-refractivity contribution in [2.45, 2.75) is 44.1 Å². The van der Waals surface area contributed by atoms with E-state index in [1.54, 1.807) is 26.0 Å². The van der Waals surface area contributed by atoms with Crippen LogP contribution >= 0.6 is 0 Å². The predicted octanol–water partition coefficient (Wildman–Crippen LogP) is 0.278. The van der Waals surface area contributed by atoms with Gasteiger partial charge in [-0.2, -0.15) is 8.42 Å². The maximum atomic E-state index is 12.1. The topological polar surface area (TPSA) is 110 Å². The molecule has 9 heteroatoms. The van der Waals surface area contributed by atoms with E-state index in [0.29, 0.717) is 0 Å². The number of rotatable bonds is 12. The van der Waals surface area contributed by atoms with Crippen molar-refractivity contribution in [1.82, 2.24) is 5.32 Å². The maximum Gasteiger partial charge on any atom is 1.00 e. The van der Waals surface area contributed by atoms with Crippen molar-refractivity contribution in [3.63, 3.8) is 0 Å². The average molecular weight is 460 g/mol. The molecule has 2 N–H and O–H groups in total. The predicted molar refractivity (Wildman–Crippen MR) is 118 cm³/mol. The number of carbonyl (C=O) groups is 2. The van der Waals surface area contributed by atoms with Gasteiger partial charge in [-0.05, 0) is 37.3 Å². The third-order valence-corrected chi connectivity index (χ3v) is 6.10. The molecule has 31 heavy (non-hydrogen) atoms. The molecule has 0 aliphatic heterocycles. The van der Waals surface area contributed by atoms with Crippen molar-refractivity contribution in [3.05, 3.63) is 67.3 Å². The molecule has 1 rings (SSSR count). The number of amides is 1. The summed E-state index contributed by atoms with van der Waals surface area (Å²) in [7, 11) is -4.44. The molecule has 4 atom stereocenters. The Bertz CT molecular complexity index is 876. The summed E-state index contributed by atoms with van der Waals surface area (Å²) in [5.41, 5.74) is 0.871. The van der Waals surface area contributed by atoms with E-state index in [1.807, 2.05) is 30.3 Å². The van der Waals surface area contributed by atoms with E-state index >= 15 is 0 Å². The monoisotopic (exact) mass is 459 g/mol. The van der Waals surface area contributed by atoms with Gasteiger partial charge in [0.25, 0.3) is 10.1 Å². The van der Waals surface area contributed by atoms with Gasteiger partial charge in [0.15, 0.2) is 0 Å². The van der Waals surface area contributed by atoms with E-state index in [1.165, 1.54) is 0 Å². The Morgan fingerprint density at radius 2 is 1.77 bits per heavy atom. The van der Waals surface area contributed by atoms with Gasteiger partial charge in [-0.25, -0.2) is 4.79 Å². The summed E-state index contributed by atoms with van der Waals surface area (Å²) in [5, 5.41) is 1.52. The Labute approximate surface area is 208 Å². The van der Waals surface area contributed by atoms with Crippen molar-refractivity contribution >= 4 is 28.1 Å². The van der Waals surface area contributed by atoms with Crippen LogP contribution in [0.3, 0.4) is 0 Å². The van der Waals surface area contributed by atoms with Crippen molar-refractivity contribution < 1.29 is 58.3 Å². The third kappa shape index (κ3) is 10.9. The molecule has 166 valence electrons. The van der Waals surface area contributed by atoms with Crippen molar-refractivity contribution in [2.75, 3.05) is 0 Å². The number of carbonyl (C=O) groups excluding carboxylic acids is 2. The number of esters is 1. The molecule has 1 aromatic rings. The van der Waals surface area contributed by atoms with Crippen molar-refractivity contribution in [3.8, 4) is 0 Å². The Morgan fingerprint density at radius 3 is 2.29 bits per heavy atom. The molecule has 0 aliphatic rings. The molecule has 0 spiro atoms. The fourth-order valence-electron chi connectivity index (χ4n) is 2.98. The quantitative estimate of drug-likeness (QED) is 0.201. The van der Waals surface area contributed by atoms with E-state index in [2.05, 4.69) is 18.5 Å². The number of nitrogens with one attached hydrogen (secondary N) is 1. The van der Waals surface area contributed by atoms with Gasteiger partial charge in [0.05, 0.1) is 17.4 Å². The first-order valence-electron chi connectivity index (χ1n) is 9.54. The maximum absolute atomic E-state index is 12.1. The molecule has 1 aromatic carbocycles. The SMILES string of the molecule is C=CC(=O)NC(C=Cc1ccccc1)C(C)C(CCC(C)OC(=O)C=C)S(=O)(=O)O.[H-].[Na+]. The Kier molecular flexibility index (Phi) is 13.6. The number of hydrogen-bond donors (Lipinski definition) is 2. The van der Waals surface area contributed by atoms with Crippen LogP contribution in [0.25, 0.3) is 6.08 Å². The molecule has 1 amide bonds. The molecule has 0 fully saturated rings. The zero-order valence-corrected chi connectivity index (χ0v) is 21.0. The van der Waals surface area contributed by atoms with E-state index in [-0.39, 0.29) is 43.8 Å². The molecule has 0 saturated heterocycles. The normalized spacial score (nSPS) is 15.1. The zero-order valence-electron chi connectivity index (χ0n) is 19.2. The molecule has 0 radical (unpaired) electrons. The van der Waals surface area contributed by atoms with E-state index in [0.717, 1.165) is 17.7 Å². The van der Waals surface area contributed by atoms with E-state index < -0.39 is 45.3 Å². The minimum absolute atomic E-state index is 0. The Morgan fingerprint density at radius 1 is 1.16 bits per heavy atom. The average Bonchev–Trinajstić information content (AvgIpc) is 2.70. The van der Waals surface area contributed by atoms with Gasteiger partial charge in [0.2, 0.25) is 5.91 Å². The second-order valence-electron chi connectivity index (χ2n) is 6.95. The first-order chi connectivity index (χ1) is 14.1. The van der Waals surface area contributed by atoms with Gasteiger partial charge in [-0.3, -0.25) is 9.35 Å². The molecule has 0 heterocycles. The largest absolute Gasteiger partial charge is 1.00 e. The molecular formula is C22H30NNaO6S. The van der Waals surface area contributed by atoms with Crippen LogP contribution in [-0.2, 0) is 24.4 Å². The summed E-state index contributed by atoms with van der Waals surface area (Å²) in [6, 6.07) is 8.62. The van der Waals surface area contributed by atoms with Crippen LogP contribution in [0.5, 0.6) is 0 Å². The molecule has 0 aliphatic carbocycles. The minimum Gasteiger partial charge on any atom is -1.00 e. The fourth-order valence-corrected chi connectivity index (χ4v) is 4.12. The second kappa shape index (κ2) is 14.4. The summed E-state index contributed by atoms with van der Waals surface area (Å²) < 4.78 is 39.0. The first-order valence-corrected chi connectivity index (χ1v) is 11.0. The van der Waals surface area contributed by atoms with Crippen LogP contribution < -0.4 is 34.9 Å². The molecule has 0 aromatic heterocycles. The van der Waals surface area contributed by atoms with Gasteiger partial charge in [0, 0.05) is 6.08 Å². The van der Waals surface area contributed by atoms with E-state index in [9.17, 15) is 22.6 Å². The Hall–Kier alpha value is -1.71. The smallest absolute Gasteiger partial charge is 1.00 e.